The van der Waals surface area contributed by atoms with E-state index in [0.717, 1.165) is 0 Å². The molecule has 4 aromatic rings. The van der Waals surface area contributed by atoms with Crippen LogP contribution in [0.3, 0.4) is 0 Å². The van der Waals surface area contributed by atoms with Crippen LogP contribution in [0.4, 0.5) is 14.6 Å². The van der Waals surface area contributed by atoms with Crippen LogP contribution in [0.15, 0.2) is 36.8 Å². The number of carbonyl (C=O) groups excluding carboxylic acids is 1. The number of nitrogens with one attached hydrogen (secondary N) is 2. The molecule has 1 amide bonds. The molecule has 0 atom stereocenters. The lowest BCUT2D eigenvalue weighted by molar-refractivity contribution is 0.0964. The second-order valence-corrected chi connectivity index (χ2v) is 6.28. The molecule has 0 saturated heterocycles. The Balaban J connectivity index is 1.90. The SMILES string of the molecule is CNC(=O)c1cnc(N)c2[nH]c(-c3c(F)cc(-c4nccn4C)cc3F)cc12. The fourth-order valence-electron chi connectivity index (χ4n) is 3.19. The van der Waals surface area contributed by atoms with Crippen molar-refractivity contribution in [3.63, 3.8) is 0 Å². The fraction of sp³-hybridized carbons (Fsp3) is 0.105. The molecule has 0 bridgehead atoms. The summed E-state index contributed by atoms with van der Waals surface area (Å²) in [5, 5.41) is 2.93. The van der Waals surface area contributed by atoms with Gasteiger partial charge in [0.15, 0.2) is 0 Å². The number of nitrogens with zero attached hydrogens (tertiary/aromatic N) is 3. The van der Waals surface area contributed by atoms with Gasteiger partial charge in [0.2, 0.25) is 0 Å². The second kappa shape index (κ2) is 6.45. The molecule has 0 aliphatic carbocycles. The minimum atomic E-state index is -0.766. The number of aromatic nitrogens is 4. The molecule has 0 unspecified atom stereocenters. The van der Waals surface area contributed by atoms with Crippen LogP contribution >= 0.6 is 0 Å². The van der Waals surface area contributed by atoms with Crippen LogP contribution in [-0.4, -0.2) is 32.5 Å². The molecule has 1 aromatic carbocycles. The van der Waals surface area contributed by atoms with Crippen LogP contribution in [0.1, 0.15) is 10.4 Å². The topological polar surface area (TPSA) is 102 Å². The lowest BCUT2D eigenvalue weighted by atomic mass is 10.1. The number of hydrogen-bond donors (Lipinski definition) is 3. The van der Waals surface area contributed by atoms with Crippen molar-refractivity contribution >= 4 is 22.6 Å². The molecule has 7 nitrogen and oxygen atoms in total. The Labute approximate surface area is 158 Å². The molecule has 3 aromatic heterocycles. The lowest BCUT2D eigenvalue weighted by Crippen LogP contribution is -2.18. The van der Waals surface area contributed by atoms with E-state index in [2.05, 4.69) is 20.3 Å². The van der Waals surface area contributed by atoms with E-state index in [1.807, 2.05) is 0 Å². The summed E-state index contributed by atoms with van der Waals surface area (Å²) in [7, 11) is 3.22. The summed E-state index contributed by atoms with van der Waals surface area (Å²) >= 11 is 0. The van der Waals surface area contributed by atoms with Crippen molar-refractivity contribution in [3.8, 4) is 22.6 Å². The maximum Gasteiger partial charge on any atom is 0.253 e. The highest BCUT2D eigenvalue weighted by Gasteiger charge is 2.20. The van der Waals surface area contributed by atoms with E-state index in [0.29, 0.717) is 22.3 Å². The molecular weight excluding hydrogens is 366 g/mol. The molecule has 0 radical (unpaired) electrons. The van der Waals surface area contributed by atoms with Crippen molar-refractivity contribution in [2.45, 2.75) is 0 Å². The number of imidazole rings is 1. The Bertz CT molecular complexity index is 1200. The first-order valence-corrected chi connectivity index (χ1v) is 8.37. The predicted molar refractivity (Wildman–Crippen MR) is 101 cm³/mol. The van der Waals surface area contributed by atoms with Gasteiger partial charge >= 0.3 is 0 Å². The third kappa shape index (κ3) is 2.68. The number of rotatable bonds is 3. The van der Waals surface area contributed by atoms with Gasteiger partial charge in [-0.3, -0.25) is 4.79 Å². The number of aryl methyl sites for hydroxylation is 1. The largest absolute Gasteiger partial charge is 0.382 e. The monoisotopic (exact) mass is 382 g/mol. The maximum absolute atomic E-state index is 14.9. The number of nitrogen functional groups attached to an aromatic ring is 1. The van der Waals surface area contributed by atoms with Crippen LogP contribution in [0, 0.1) is 11.6 Å². The zero-order valence-corrected chi connectivity index (χ0v) is 15.0. The number of hydrogen-bond acceptors (Lipinski definition) is 4. The molecule has 28 heavy (non-hydrogen) atoms. The van der Waals surface area contributed by atoms with E-state index in [1.54, 1.807) is 24.0 Å². The summed E-state index contributed by atoms with van der Waals surface area (Å²) in [5.74, 6) is -1.35. The second-order valence-electron chi connectivity index (χ2n) is 6.28. The van der Waals surface area contributed by atoms with Crippen LogP contribution in [0.5, 0.6) is 0 Å². The molecule has 0 fully saturated rings. The molecule has 0 spiro atoms. The Morgan fingerprint density at radius 2 is 1.93 bits per heavy atom. The highest BCUT2D eigenvalue weighted by atomic mass is 19.1. The van der Waals surface area contributed by atoms with Crippen LogP contribution in [-0.2, 0) is 7.05 Å². The van der Waals surface area contributed by atoms with Gasteiger partial charge in [-0.1, -0.05) is 0 Å². The Kier molecular flexibility index (Phi) is 4.07. The van der Waals surface area contributed by atoms with Crippen molar-refractivity contribution < 1.29 is 13.6 Å². The minimum Gasteiger partial charge on any atom is -0.382 e. The summed E-state index contributed by atoms with van der Waals surface area (Å²) in [5.41, 5.74) is 6.67. The zero-order chi connectivity index (χ0) is 20.0. The standard InChI is InChI=1S/C19H16F2N6O/c1-23-19(28)11-8-25-17(22)16-10(11)7-14(26-16)15-12(20)5-9(6-13(15)21)18-24-3-4-27(18)2/h3-8,26H,1-2H3,(H2,22,25)(H,23,28). The molecule has 0 aliphatic rings. The third-order valence-corrected chi connectivity index (χ3v) is 4.56. The van der Waals surface area contributed by atoms with E-state index < -0.39 is 11.6 Å². The number of benzene rings is 1. The number of H-pyrrole nitrogens is 1. The number of amides is 1. The van der Waals surface area contributed by atoms with Crippen LogP contribution in [0.2, 0.25) is 0 Å². The number of pyridine rings is 1. The summed E-state index contributed by atoms with van der Waals surface area (Å²) < 4.78 is 31.4. The lowest BCUT2D eigenvalue weighted by Gasteiger charge is -2.07. The van der Waals surface area contributed by atoms with E-state index in [9.17, 15) is 13.6 Å². The molecule has 4 rings (SSSR count). The van der Waals surface area contributed by atoms with Gasteiger partial charge in [0.25, 0.3) is 5.91 Å². The molecule has 0 saturated carbocycles. The molecule has 9 heteroatoms. The van der Waals surface area contributed by atoms with Crippen molar-refractivity contribution in [3.05, 3.63) is 54.0 Å². The van der Waals surface area contributed by atoms with Gasteiger partial charge < -0.3 is 20.6 Å². The van der Waals surface area contributed by atoms with Crippen molar-refractivity contribution in [1.82, 2.24) is 24.8 Å². The van der Waals surface area contributed by atoms with E-state index in [1.165, 1.54) is 31.4 Å². The number of nitrogens with two attached hydrogens (primary N) is 1. The average Bonchev–Trinajstić information content (AvgIpc) is 3.28. The van der Waals surface area contributed by atoms with Gasteiger partial charge in [-0.2, -0.15) is 0 Å². The first-order valence-electron chi connectivity index (χ1n) is 8.37. The summed E-state index contributed by atoms with van der Waals surface area (Å²) in [6.07, 6.45) is 4.56. The Hall–Kier alpha value is -3.75. The van der Waals surface area contributed by atoms with Gasteiger partial charge in [0.05, 0.1) is 22.3 Å². The quantitative estimate of drug-likeness (QED) is 0.507. The summed E-state index contributed by atoms with van der Waals surface area (Å²) in [6.45, 7) is 0. The summed E-state index contributed by atoms with van der Waals surface area (Å²) in [4.78, 5) is 23.0. The Morgan fingerprint density at radius 3 is 2.54 bits per heavy atom. The van der Waals surface area contributed by atoms with Crippen LogP contribution < -0.4 is 11.1 Å². The number of anilines is 1. The Morgan fingerprint density at radius 1 is 1.21 bits per heavy atom. The highest BCUT2D eigenvalue weighted by molar-refractivity contribution is 6.09. The first kappa shape index (κ1) is 17.7. The zero-order valence-electron chi connectivity index (χ0n) is 15.0. The molecule has 0 aliphatic heterocycles. The number of fused-ring (bicyclic) bond motifs is 1. The minimum absolute atomic E-state index is 0.124. The number of aromatic amines is 1. The van der Waals surface area contributed by atoms with Crippen molar-refractivity contribution in [2.75, 3.05) is 12.8 Å². The van der Waals surface area contributed by atoms with Crippen LogP contribution in [0.25, 0.3) is 33.5 Å². The maximum atomic E-state index is 14.9. The van der Waals surface area contributed by atoms with E-state index in [4.69, 9.17) is 5.73 Å². The first-order chi connectivity index (χ1) is 13.4. The van der Waals surface area contributed by atoms with Gasteiger partial charge in [0, 0.05) is 43.6 Å². The average molecular weight is 382 g/mol. The molecule has 142 valence electrons. The smallest absolute Gasteiger partial charge is 0.253 e. The predicted octanol–water partition coefficient (Wildman–Crippen LogP) is 2.85. The fourth-order valence-corrected chi connectivity index (χ4v) is 3.19. The van der Waals surface area contributed by atoms with Gasteiger partial charge in [0.1, 0.15) is 23.3 Å². The van der Waals surface area contributed by atoms with Gasteiger partial charge in [-0.05, 0) is 18.2 Å². The van der Waals surface area contributed by atoms with E-state index in [-0.39, 0.29) is 28.5 Å². The molecular formula is C19H16F2N6O. The van der Waals surface area contributed by atoms with Gasteiger partial charge in [-0.15, -0.1) is 0 Å². The van der Waals surface area contributed by atoms with Crippen molar-refractivity contribution in [2.24, 2.45) is 7.05 Å². The third-order valence-electron chi connectivity index (χ3n) is 4.56. The van der Waals surface area contributed by atoms with E-state index >= 15 is 0 Å². The number of carbonyl (C=O) groups is 1. The van der Waals surface area contributed by atoms with Crippen molar-refractivity contribution in [1.29, 1.82) is 0 Å². The molecule has 4 N–H and O–H groups in total. The normalized spacial score (nSPS) is 11.1. The molecule has 3 heterocycles. The number of halogens is 2. The van der Waals surface area contributed by atoms with Gasteiger partial charge in [-0.25, -0.2) is 18.7 Å². The summed E-state index contributed by atoms with van der Waals surface area (Å²) in [6, 6.07) is 3.92. The highest BCUT2D eigenvalue weighted by Crippen LogP contribution is 2.34.